The Morgan fingerprint density at radius 1 is 1.10 bits per heavy atom. The van der Waals surface area contributed by atoms with Gasteiger partial charge in [0.25, 0.3) is 5.92 Å². The standard InChI is InChI=1S/C45H48ClF2N7O5S/c1-7-29(35(8-2)59-26-32-13-15-50-55(32)27-45(4,47)48)24-37(44(56)57)60-43-40-38(61-51-43)25-49-42(31-9-11-34-30(23-31)14-16-53(34)6)39(40)33-10-12-36(41(46)28(33)3)58-22-21-54-19-17-52(5)18-20-54/h7-16,23,25,37H,1-2,17-22,24,26-27H2,3-6H3,(H,56,57)/b35-29-. The van der Waals surface area contributed by atoms with Gasteiger partial charge in [0.15, 0.2) is 0 Å². The van der Waals surface area contributed by atoms with Crippen LogP contribution in [0.15, 0.2) is 97.7 Å². The van der Waals surface area contributed by atoms with Crippen LogP contribution in [0.5, 0.6) is 11.6 Å². The van der Waals surface area contributed by atoms with Crippen LogP contribution in [0.3, 0.4) is 0 Å². The molecule has 0 aliphatic carbocycles. The van der Waals surface area contributed by atoms with Gasteiger partial charge in [-0.25, -0.2) is 13.6 Å². The predicted octanol–water partition coefficient (Wildman–Crippen LogP) is 9.02. The number of alkyl halides is 2. The number of carboxylic acid groups (broad SMARTS) is 1. The summed E-state index contributed by atoms with van der Waals surface area (Å²) in [4.78, 5) is 22.6. The molecule has 61 heavy (non-hydrogen) atoms. The third-order valence-corrected chi connectivity index (χ3v) is 12.0. The molecule has 0 radical (unpaired) electrons. The largest absolute Gasteiger partial charge is 0.491 e. The number of benzene rings is 2. The van der Waals surface area contributed by atoms with Crippen LogP contribution in [0.2, 0.25) is 5.02 Å². The van der Waals surface area contributed by atoms with E-state index in [-0.39, 0.29) is 24.7 Å². The highest BCUT2D eigenvalue weighted by atomic mass is 35.5. The summed E-state index contributed by atoms with van der Waals surface area (Å²) in [5, 5.41) is 16.6. The molecule has 1 atom stereocenters. The number of hydrogen-bond donors (Lipinski definition) is 1. The summed E-state index contributed by atoms with van der Waals surface area (Å²) in [6, 6.07) is 13.5. The average molecular weight is 872 g/mol. The molecule has 1 fully saturated rings. The Morgan fingerprint density at radius 2 is 1.89 bits per heavy atom. The molecule has 1 aliphatic rings. The van der Waals surface area contributed by atoms with E-state index >= 15 is 0 Å². The zero-order valence-corrected chi connectivity index (χ0v) is 36.1. The maximum atomic E-state index is 13.8. The zero-order valence-electron chi connectivity index (χ0n) is 34.5. The molecule has 2 aromatic carbocycles. The highest BCUT2D eigenvalue weighted by Crippen LogP contribution is 2.46. The average Bonchev–Trinajstić information content (AvgIpc) is 3.96. The van der Waals surface area contributed by atoms with Crippen molar-refractivity contribution in [1.82, 2.24) is 33.5 Å². The van der Waals surface area contributed by atoms with Crippen LogP contribution < -0.4 is 9.47 Å². The number of hydrogen-bond acceptors (Lipinski definition) is 10. The number of carboxylic acids is 1. The van der Waals surface area contributed by atoms with Crippen molar-refractivity contribution in [1.29, 1.82) is 0 Å². The summed E-state index contributed by atoms with van der Waals surface area (Å²) in [6.45, 7) is 15.0. The molecule has 0 amide bonds. The smallest absolute Gasteiger partial charge is 0.345 e. The number of rotatable bonds is 18. The Labute approximate surface area is 362 Å². The first kappa shape index (κ1) is 43.5. The van der Waals surface area contributed by atoms with Crippen molar-refractivity contribution in [3.05, 3.63) is 114 Å². The monoisotopic (exact) mass is 871 g/mol. The van der Waals surface area contributed by atoms with Crippen molar-refractivity contribution in [3.63, 3.8) is 0 Å². The molecule has 16 heteroatoms. The summed E-state index contributed by atoms with van der Waals surface area (Å²) in [5.74, 6) is -3.37. The van der Waals surface area contributed by atoms with Crippen molar-refractivity contribution >= 4 is 50.1 Å². The Bertz CT molecular complexity index is 2610. The van der Waals surface area contributed by atoms with Gasteiger partial charge >= 0.3 is 5.97 Å². The second kappa shape index (κ2) is 18.6. The molecule has 0 bridgehead atoms. The number of likely N-dealkylation sites (N-methyl/N-ethyl adjacent to an activating group) is 1. The number of nitrogens with zero attached hydrogens (tertiary/aromatic N) is 7. The summed E-state index contributed by atoms with van der Waals surface area (Å²) in [5.41, 5.74) is 5.46. The van der Waals surface area contributed by atoms with Gasteiger partial charge < -0.3 is 28.8 Å². The fourth-order valence-corrected chi connectivity index (χ4v) is 8.34. The van der Waals surface area contributed by atoms with E-state index in [4.69, 9.17) is 30.8 Å². The highest BCUT2D eigenvalue weighted by Gasteiger charge is 2.29. The van der Waals surface area contributed by atoms with E-state index in [1.165, 1.54) is 18.3 Å². The van der Waals surface area contributed by atoms with Crippen LogP contribution in [0.25, 0.3) is 43.4 Å². The lowest BCUT2D eigenvalue weighted by Gasteiger charge is -2.32. The van der Waals surface area contributed by atoms with Gasteiger partial charge in [-0.1, -0.05) is 43.0 Å². The normalized spacial score (nSPS) is 14.9. The number of ether oxygens (including phenoxy) is 3. The van der Waals surface area contributed by atoms with E-state index in [1.54, 1.807) is 12.3 Å². The molecule has 5 heterocycles. The van der Waals surface area contributed by atoms with Crippen LogP contribution in [-0.2, 0) is 29.7 Å². The van der Waals surface area contributed by atoms with Gasteiger partial charge in [0.2, 0.25) is 12.0 Å². The maximum absolute atomic E-state index is 13.8. The fourth-order valence-electron chi connectivity index (χ4n) is 7.42. The Hall–Kier alpha value is -5.61. The van der Waals surface area contributed by atoms with Gasteiger partial charge in [0, 0.05) is 93.7 Å². The number of aryl methyl sites for hydroxylation is 1. The number of carbonyl (C=O) groups is 1. The SMILES string of the molecule is C=C/C(CC(Oc1nsc2cnc(-c3ccc4c(ccn4C)c3)c(-c3ccc(OCCN4CCN(C)CC4)c(Cl)c3C)c12)C(=O)O)=C(\C=C)OCc1ccnn1CC(C)(F)F. The summed E-state index contributed by atoms with van der Waals surface area (Å²) in [6.07, 6.45) is 6.35. The van der Waals surface area contributed by atoms with E-state index in [1.807, 2.05) is 55.1 Å². The second-order valence-corrected chi connectivity index (χ2v) is 16.4. The van der Waals surface area contributed by atoms with E-state index in [2.05, 4.69) is 45.5 Å². The van der Waals surface area contributed by atoms with Gasteiger partial charge in [-0.3, -0.25) is 14.6 Å². The zero-order chi connectivity index (χ0) is 43.4. The van der Waals surface area contributed by atoms with E-state index in [0.29, 0.717) is 50.0 Å². The minimum Gasteiger partial charge on any atom is -0.491 e. The molecule has 4 aromatic heterocycles. The Balaban J connectivity index is 1.24. The third-order valence-electron chi connectivity index (χ3n) is 10.8. The summed E-state index contributed by atoms with van der Waals surface area (Å²) in [7, 11) is 4.11. The fraction of sp³-hybridized carbons (Fsp3) is 0.333. The number of fused-ring (bicyclic) bond motifs is 2. The van der Waals surface area contributed by atoms with Gasteiger partial charge in [0.1, 0.15) is 31.3 Å². The molecule has 320 valence electrons. The molecule has 1 unspecified atom stereocenters. The molecule has 7 rings (SSSR count). The molecular formula is C45H48ClF2N7O5S. The first-order valence-corrected chi connectivity index (χ1v) is 21.0. The summed E-state index contributed by atoms with van der Waals surface area (Å²) < 4.78 is 54.7. The molecular weight excluding hydrogens is 824 g/mol. The lowest BCUT2D eigenvalue weighted by atomic mass is 9.93. The molecule has 1 N–H and O–H groups in total. The molecule has 1 aliphatic heterocycles. The second-order valence-electron chi connectivity index (χ2n) is 15.2. The van der Waals surface area contributed by atoms with Crippen LogP contribution in [-0.4, -0.2) is 103 Å². The minimum absolute atomic E-state index is 0.101. The highest BCUT2D eigenvalue weighted by molar-refractivity contribution is 7.13. The molecule has 0 saturated carbocycles. The van der Waals surface area contributed by atoms with Crippen LogP contribution >= 0.6 is 23.1 Å². The van der Waals surface area contributed by atoms with E-state index in [9.17, 15) is 18.7 Å². The summed E-state index contributed by atoms with van der Waals surface area (Å²) >= 11 is 8.25. The van der Waals surface area contributed by atoms with E-state index < -0.39 is 24.5 Å². The van der Waals surface area contributed by atoms with Crippen LogP contribution in [0.1, 0.15) is 24.6 Å². The quantitative estimate of drug-likeness (QED) is 0.0662. The number of pyridine rings is 1. The van der Waals surface area contributed by atoms with Gasteiger partial charge in [0.05, 0.1) is 26.5 Å². The van der Waals surface area contributed by atoms with Gasteiger partial charge in [-0.05, 0) is 78.6 Å². The number of aliphatic carboxylic acids is 1. The molecule has 1 saturated heterocycles. The van der Waals surface area contributed by atoms with Crippen molar-refractivity contribution < 1.29 is 32.9 Å². The van der Waals surface area contributed by atoms with E-state index in [0.717, 1.165) is 83.5 Å². The lowest BCUT2D eigenvalue weighted by molar-refractivity contribution is -0.145. The number of aromatic nitrogens is 5. The Morgan fingerprint density at radius 3 is 2.61 bits per heavy atom. The van der Waals surface area contributed by atoms with Gasteiger partial charge in [-0.2, -0.15) is 9.47 Å². The topological polar surface area (TPSA) is 120 Å². The molecule has 0 spiro atoms. The first-order chi connectivity index (χ1) is 29.2. The predicted molar refractivity (Wildman–Crippen MR) is 236 cm³/mol. The third kappa shape index (κ3) is 9.81. The van der Waals surface area contributed by atoms with Crippen molar-refractivity contribution in [2.75, 3.05) is 46.4 Å². The van der Waals surface area contributed by atoms with Crippen molar-refractivity contribution in [2.45, 2.75) is 45.4 Å². The van der Waals surface area contributed by atoms with Crippen molar-refractivity contribution in [3.8, 4) is 34.0 Å². The molecule has 12 nitrogen and oxygen atoms in total. The van der Waals surface area contributed by atoms with Gasteiger partial charge in [-0.15, -0.1) is 0 Å². The molecule has 6 aromatic rings. The first-order valence-electron chi connectivity index (χ1n) is 19.8. The van der Waals surface area contributed by atoms with Crippen molar-refractivity contribution in [2.24, 2.45) is 7.05 Å². The lowest BCUT2D eigenvalue weighted by Crippen LogP contribution is -2.45. The maximum Gasteiger partial charge on any atom is 0.345 e. The van der Waals surface area contributed by atoms with Crippen LogP contribution in [0.4, 0.5) is 8.78 Å². The minimum atomic E-state index is -2.99. The number of piperazine rings is 1. The number of halogens is 3. The number of allylic oxidation sites excluding steroid dienone is 2. The van der Waals surface area contributed by atoms with Crippen LogP contribution in [0, 0.1) is 6.92 Å². The Kier molecular flexibility index (Phi) is 13.2.